The number of ether oxygens (including phenoxy) is 1. The van der Waals surface area contributed by atoms with Crippen LogP contribution in [0.5, 0.6) is 5.75 Å². The Balaban J connectivity index is 1.78. The maximum Gasteiger partial charge on any atom is 0.232 e. The highest BCUT2D eigenvalue weighted by Crippen LogP contribution is 2.28. The van der Waals surface area contributed by atoms with E-state index in [-0.39, 0.29) is 18.9 Å². The van der Waals surface area contributed by atoms with E-state index in [1.165, 1.54) is 9.87 Å². The van der Waals surface area contributed by atoms with E-state index in [4.69, 9.17) is 16.3 Å². The summed E-state index contributed by atoms with van der Waals surface area (Å²) in [5.41, 5.74) is 2.47. The van der Waals surface area contributed by atoms with Gasteiger partial charge in [-0.3, -0.25) is 9.10 Å². The van der Waals surface area contributed by atoms with Gasteiger partial charge in [-0.05, 0) is 55.2 Å². The van der Waals surface area contributed by atoms with E-state index in [2.05, 4.69) is 12.2 Å². The Morgan fingerprint density at radius 3 is 2.50 bits per heavy atom. The van der Waals surface area contributed by atoms with Crippen LogP contribution in [-0.4, -0.2) is 40.3 Å². The predicted molar refractivity (Wildman–Crippen MR) is 122 cm³/mol. The molecule has 0 heterocycles. The van der Waals surface area contributed by atoms with Gasteiger partial charge in [-0.25, -0.2) is 8.42 Å². The number of carbonyl (C=O) groups is 1. The minimum Gasteiger partial charge on any atom is -0.492 e. The van der Waals surface area contributed by atoms with Crippen LogP contribution in [0.15, 0.2) is 42.5 Å². The van der Waals surface area contributed by atoms with Crippen LogP contribution < -0.4 is 14.4 Å². The molecule has 0 aromatic heterocycles. The molecule has 1 N–H and O–H groups in total. The predicted octanol–water partition coefficient (Wildman–Crippen LogP) is 3.95. The molecule has 0 saturated carbocycles. The van der Waals surface area contributed by atoms with Gasteiger partial charge in [-0.15, -0.1) is 0 Å². The zero-order valence-electron chi connectivity index (χ0n) is 17.7. The van der Waals surface area contributed by atoms with Gasteiger partial charge in [0.15, 0.2) is 0 Å². The Hall–Kier alpha value is -2.25. The molecule has 0 bridgehead atoms. The van der Waals surface area contributed by atoms with Crippen molar-refractivity contribution in [3.63, 3.8) is 0 Å². The fourth-order valence-electron chi connectivity index (χ4n) is 2.98. The number of hydrogen-bond donors (Lipinski definition) is 1. The molecule has 0 aliphatic rings. The molecule has 0 aliphatic heterocycles. The molecule has 0 spiro atoms. The molecule has 1 amide bonds. The maximum absolute atomic E-state index is 12.2. The number of sulfonamides is 1. The van der Waals surface area contributed by atoms with Crippen LogP contribution in [0.3, 0.4) is 0 Å². The van der Waals surface area contributed by atoms with Gasteiger partial charge >= 0.3 is 0 Å². The topological polar surface area (TPSA) is 75.7 Å². The first-order chi connectivity index (χ1) is 14.2. The highest BCUT2D eigenvalue weighted by molar-refractivity contribution is 7.92. The molecular formula is C22H29ClN2O4S. The number of hydrogen-bond acceptors (Lipinski definition) is 4. The summed E-state index contributed by atoms with van der Waals surface area (Å²) in [6, 6.07) is 13.0. The van der Waals surface area contributed by atoms with E-state index in [0.29, 0.717) is 35.8 Å². The number of amides is 1. The first-order valence-corrected chi connectivity index (χ1v) is 12.2. The fraction of sp³-hybridized carbons (Fsp3) is 0.409. The average Bonchev–Trinajstić information content (AvgIpc) is 2.70. The molecule has 2 aromatic rings. The van der Waals surface area contributed by atoms with Crippen molar-refractivity contribution in [3.8, 4) is 5.75 Å². The van der Waals surface area contributed by atoms with Crippen molar-refractivity contribution in [2.75, 3.05) is 30.3 Å². The molecule has 164 valence electrons. The van der Waals surface area contributed by atoms with E-state index in [1.807, 2.05) is 24.3 Å². The lowest BCUT2D eigenvalue weighted by Crippen LogP contribution is -2.33. The maximum atomic E-state index is 12.2. The SMILES string of the molecule is CCc1ccc(OCCNC(=O)CCCN(c2cccc(Cl)c2C)S(C)(=O)=O)cc1. The first kappa shape index (κ1) is 24.0. The van der Waals surface area contributed by atoms with Gasteiger partial charge in [0.2, 0.25) is 15.9 Å². The van der Waals surface area contributed by atoms with Gasteiger partial charge in [0, 0.05) is 18.0 Å². The van der Waals surface area contributed by atoms with Crippen LogP contribution in [0.4, 0.5) is 5.69 Å². The quantitative estimate of drug-likeness (QED) is 0.524. The lowest BCUT2D eigenvalue weighted by Gasteiger charge is -2.24. The summed E-state index contributed by atoms with van der Waals surface area (Å²) in [5, 5.41) is 3.30. The summed E-state index contributed by atoms with van der Waals surface area (Å²) >= 11 is 6.13. The molecule has 30 heavy (non-hydrogen) atoms. The Morgan fingerprint density at radius 2 is 1.87 bits per heavy atom. The molecule has 0 radical (unpaired) electrons. The monoisotopic (exact) mass is 452 g/mol. The largest absolute Gasteiger partial charge is 0.492 e. The van der Waals surface area contributed by atoms with Crippen molar-refractivity contribution in [1.82, 2.24) is 5.32 Å². The van der Waals surface area contributed by atoms with Crippen molar-refractivity contribution in [2.45, 2.75) is 33.1 Å². The Labute approximate surface area is 184 Å². The van der Waals surface area contributed by atoms with E-state index < -0.39 is 10.0 Å². The number of rotatable bonds is 11. The molecule has 0 atom stereocenters. The number of halogens is 1. The summed E-state index contributed by atoms with van der Waals surface area (Å²) < 4.78 is 31.4. The van der Waals surface area contributed by atoms with E-state index >= 15 is 0 Å². The van der Waals surface area contributed by atoms with Crippen LogP contribution in [0.25, 0.3) is 0 Å². The number of benzene rings is 2. The standard InChI is InChI=1S/C22H29ClN2O4S/c1-4-18-10-12-19(13-11-18)29-16-14-24-22(26)9-6-15-25(30(3,27)28)21-8-5-7-20(23)17(21)2/h5,7-8,10-13H,4,6,9,14-16H2,1-3H3,(H,24,26). The summed E-state index contributed by atoms with van der Waals surface area (Å²) in [6.07, 6.45) is 2.74. The summed E-state index contributed by atoms with van der Waals surface area (Å²) in [5.74, 6) is 0.623. The molecule has 0 aliphatic carbocycles. The molecule has 6 nitrogen and oxygen atoms in total. The highest BCUT2D eigenvalue weighted by Gasteiger charge is 2.20. The third-order valence-electron chi connectivity index (χ3n) is 4.70. The van der Waals surface area contributed by atoms with Crippen molar-refractivity contribution < 1.29 is 17.9 Å². The number of carbonyl (C=O) groups excluding carboxylic acids is 1. The van der Waals surface area contributed by atoms with E-state index in [9.17, 15) is 13.2 Å². The Kier molecular flexibility index (Phi) is 8.99. The zero-order chi connectivity index (χ0) is 22.1. The number of nitrogens with one attached hydrogen (secondary N) is 1. The molecule has 2 aromatic carbocycles. The third kappa shape index (κ3) is 7.22. The van der Waals surface area contributed by atoms with Crippen molar-refractivity contribution in [3.05, 3.63) is 58.6 Å². The normalized spacial score (nSPS) is 11.2. The van der Waals surface area contributed by atoms with E-state index in [1.54, 1.807) is 25.1 Å². The minimum absolute atomic E-state index is 0.142. The lowest BCUT2D eigenvalue weighted by atomic mass is 10.2. The fourth-order valence-corrected chi connectivity index (χ4v) is 4.17. The molecule has 0 unspecified atom stereocenters. The Bertz CT molecular complexity index is 946. The summed E-state index contributed by atoms with van der Waals surface area (Å²) in [7, 11) is -3.49. The van der Waals surface area contributed by atoms with Crippen molar-refractivity contribution in [2.24, 2.45) is 0 Å². The van der Waals surface area contributed by atoms with Crippen LogP contribution in [-0.2, 0) is 21.2 Å². The van der Waals surface area contributed by atoms with Crippen LogP contribution in [0.1, 0.15) is 30.9 Å². The molecular weight excluding hydrogens is 424 g/mol. The average molecular weight is 453 g/mol. The van der Waals surface area contributed by atoms with E-state index in [0.717, 1.165) is 18.4 Å². The second-order valence-corrected chi connectivity index (χ2v) is 9.33. The van der Waals surface area contributed by atoms with Crippen LogP contribution >= 0.6 is 11.6 Å². The highest BCUT2D eigenvalue weighted by atomic mass is 35.5. The minimum atomic E-state index is -3.49. The molecule has 0 saturated heterocycles. The smallest absolute Gasteiger partial charge is 0.232 e. The van der Waals surface area contributed by atoms with Gasteiger partial charge in [0.25, 0.3) is 0 Å². The van der Waals surface area contributed by atoms with Crippen molar-refractivity contribution in [1.29, 1.82) is 0 Å². The number of nitrogens with zero attached hydrogens (tertiary/aromatic N) is 1. The number of anilines is 1. The number of aryl methyl sites for hydroxylation is 1. The third-order valence-corrected chi connectivity index (χ3v) is 6.29. The summed E-state index contributed by atoms with van der Waals surface area (Å²) in [4.78, 5) is 12.1. The molecule has 2 rings (SSSR count). The van der Waals surface area contributed by atoms with Gasteiger partial charge in [-0.2, -0.15) is 0 Å². The first-order valence-electron chi connectivity index (χ1n) is 9.93. The molecule has 8 heteroatoms. The van der Waals surface area contributed by atoms with Crippen LogP contribution in [0.2, 0.25) is 5.02 Å². The van der Waals surface area contributed by atoms with Gasteiger partial charge in [0.05, 0.1) is 18.5 Å². The second kappa shape index (κ2) is 11.2. The Morgan fingerprint density at radius 1 is 1.17 bits per heavy atom. The zero-order valence-corrected chi connectivity index (χ0v) is 19.2. The van der Waals surface area contributed by atoms with Gasteiger partial charge in [0.1, 0.15) is 12.4 Å². The van der Waals surface area contributed by atoms with Gasteiger partial charge in [-0.1, -0.05) is 36.7 Å². The van der Waals surface area contributed by atoms with Gasteiger partial charge < -0.3 is 10.1 Å². The molecule has 0 fully saturated rings. The second-order valence-electron chi connectivity index (χ2n) is 7.02. The van der Waals surface area contributed by atoms with Crippen molar-refractivity contribution >= 4 is 33.2 Å². The van der Waals surface area contributed by atoms with Crippen LogP contribution in [0, 0.1) is 6.92 Å². The lowest BCUT2D eigenvalue weighted by molar-refractivity contribution is -0.121. The summed E-state index contributed by atoms with van der Waals surface area (Å²) in [6.45, 7) is 4.83.